The van der Waals surface area contributed by atoms with E-state index < -0.39 is 67.3 Å². The van der Waals surface area contributed by atoms with Gasteiger partial charge in [0.05, 0.1) is 4.90 Å². The summed E-state index contributed by atoms with van der Waals surface area (Å²) in [6.45, 7) is 2.02. The monoisotopic (exact) mass is 650 g/mol. The van der Waals surface area contributed by atoms with E-state index in [1.165, 1.54) is 6.07 Å². The van der Waals surface area contributed by atoms with Crippen LogP contribution in [0.25, 0.3) is 32.3 Å². The van der Waals surface area contributed by atoms with Crippen molar-refractivity contribution in [3.8, 4) is 5.75 Å². The maximum Gasteiger partial charge on any atom is 1.00 e. The summed E-state index contributed by atoms with van der Waals surface area (Å²) >= 11 is 0. The van der Waals surface area contributed by atoms with E-state index >= 15 is 0 Å². The molecule has 11 nitrogen and oxygen atoms in total. The van der Waals surface area contributed by atoms with Gasteiger partial charge < -0.3 is 18.8 Å². The summed E-state index contributed by atoms with van der Waals surface area (Å²) in [4.78, 5) is 9.57. The number of carbonyl (C=O) groups excluding carboxylic acids is 1. The van der Waals surface area contributed by atoms with E-state index in [-0.39, 0.29) is 122 Å². The quantitative estimate of drug-likeness (QED) is 0.0563. The second-order valence-electron chi connectivity index (χ2n) is 8.95. The van der Waals surface area contributed by atoms with E-state index in [2.05, 4.69) is 0 Å². The topological polar surface area (TPSA) is 209 Å². The van der Waals surface area contributed by atoms with E-state index in [1.54, 1.807) is 0 Å². The van der Waals surface area contributed by atoms with Crippen LogP contribution in [0, 0.1) is 0 Å². The molecular formula is C24H21Na3O11S3. The smallest absolute Gasteiger partial charge is 0.744 e. The van der Waals surface area contributed by atoms with Crippen LogP contribution in [0.2, 0.25) is 0 Å². The number of hydrogen-bond acceptors (Lipinski definition) is 11. The number of Topliss-reactive ketones (excluding diaryl/α,β-unsaturated/α-hetero) is 1. The van der Waals surface area contributed by atoms with Gasteiger partial charge in [-0.3, -0.25) is 4.79 Å². The molecule has 0 spiro atoms. The minimum Gasteiger partial charge on any atom is -0.744 e. The molecule has 0 aliphatic rings. The van der Waals surface area contributed by atoms with Crippen LogP contribution in [0.4, 0.5) is 0 Å². The van der Waals surface area contributed by atoms with Gasteiger partial charge in [0.2, 0.25) is 0 Å². The molecule has 1 N–H and O–H groups in total. The first kappa shape index (κ1) is 39.1. The maximum atomic E-state index is 13.2. The summed E-state index contributed by atoms with van der Waals surface area (Å²) in [6.07, 6.45) is 4.04. The Labute approximate surface area is 303 Å². The molecule has 0 saturated carbocycles. The normalized spacial score (nSPS) is 12.2. The van der Waals surface area contributed by atoms with Crippen LogP contribution in [0.5, 0.6) is 5.75 Å². The van der Waals surface area contributed by atoms with Crippen molar-refractivity contribution in [2.75, 3.05) is 0 Å². The fourth-order valence-corrected chi connectivity index (χ4v) is 7.24. The Bertz CT molecular complexity index is 1890. The van der Waals surface area contributed by atoms with Crippen molar-refractivity contribution in [1.82, 2.24) is 0 Å². The van der Waals surface area contributed by atoms with E-state index in [4.69, 9.17) is 0 Å². The molecule has 0 bridgehead atoms. The van der Waals surface area contributed by atoms with Gasteiger partial charge in [-0.25, -0.2) is 25.3 Å². The van der Waals surface area contributed by atoms with Crippen LogP contribution < -0.4 is 88.7 Å². The average molecular weight is 651 g/mol. The Morgan fingerprint density at radius 3 is 1.59 bits per heavy atom. The van der Waals surface area contributed by atoms with Crippen LogP contribution in [0.3, 0.4) is 0 Å². The average Bonchev–Trinajstić information content (AvgIpc) is 2.78. The van der Waals surface area contributed by atoms with Gasteiger partial charge in [-0.2, -0.15) is 0 Å². The van der Waals surface area contributed by atoms with Crippen molar-refractivity contribution in [2.45, 2.75) is 60.1 Å². The number of rotatable bonds is 10. The van der Waals surface area contributed by atoms with Crippen LogP contribution in [0.15, 0.2) is 45.0 Å². The van der Waals surface area contributed by atoms with Crippen molar-refractivity contribution in [1.29, 1.82) is 0 Å². The molecule has 0 unspecified atom stereocenters. The third-order valence-corrected chi connectivity index (χ3v) is 9.19. The molecule has 0 fully saturated rings. The molecule has 0 amide bonds. The Hall–Kier alpha value is 0.120. The Morgan fingerprint density at radius 2 is 1.12 bits per heavy atom. The summed E-state index contributed by atoms with van der Waals surface area (Å²) in [5.74, 6) is -2.08. The predicted molar refractivity (Wildman–Crippen MR) is 133 cm³/mol. The zero-order valence-corrected chi connectivity index (χ0v) is 31.3. The largest absolute Gasteiger partial charge is 1.00 e. The van der Waals surface area contributed by atoms with Gasteiger partial charge in [-0.1, -0.05) is 56.9 Å². The third kappa shape index (κ3) is 7.68. The van der Waals surface area contributed by atoms with E-state index in [0.29, 0.717) is 6.42 Å². The van der Waals surface area contributed by atoms with Crippen LogP contribution in [-0.2, 0) is 30.4 Å². The first-order chi connectivity index (χ1) is 17.6. The number of unbranched alkanes of at least 4 members (excludes halogenated alkanes) is 4. The third-order valence-electron chi connectivity index (χ3n) is 6.49. The molecule has 17 heteroatoms. The fourth-order valence-electron chi connectivity index (χ4n) is 4.92. The van der Waals surface area contributed by atoms with Crippen molar-refractivity contribution in [3.05, 3.63) is 35.9 Å². The standard InChI is InChI=1S/C24H24O11S3.3Na/c1-2-3-4-5-6-7-18(25)17-12-19(36(27,28)29)14-9-11-16-21-15(10-8-13(17)20(14)21)23(37(30,31)32)22(26)24(16)38(33,34)35;;;/h8-12,26H,2-7H2,1H3,(H,27,28,29)(H,30,31,32)(H,33,34,35);;;/q;3*+1/p-3. The van der Waals surface area contributed by atoms with Gasteiger partial charge in [-0.05, 0) is 23.3 Å². The Morgan fingerprint density at radius 1 is 0.683 bits per heavy atom. The predicted octanol–water partition coefficient (Wildman–Crippen LogP) is -5.44. The summed E-state index contributed by atoms with van der Waals surface area (Å²) in [5.41, 5.74) is -0.178. The second-order valence-corrected chi connectivity index (χ2v) is 12.9. The molecule has 4 aromatic rings. The fraction of sp³-hybridized carbons (Fsp3) is 0.292. The van der Waals surface area contributed by atoms with E-state index in [1.807, 2.05) is 6.92 Å². The summed E-state index contributed by atoms with van der Waals surface area (Å²) in [5, 5.41) is 8.65. The van der Waals surface area contributed by atoms with Crippen LogP contribution >= 0.6 is 0 Å². The number of aromatic hydroxyl groups is 1. The maximum absolute atomic E-state index is 13.2. The van der Waals surface area contributed by atoms with Gasteiger partial charge in [0.15, 0.2) is 11.5 Å². The molecule has 0 aliphatic carbocycles. The zero-order chi connectivity index (χ0) is 28.2. The van der Waals surface area contributed by atoms with Gasteiger partial charge in [0.25, 0.3) is 0 Å². The van der Waals surface area contributed by atoms with Crippen molar-refractivity contribution in [2.24, 2.45) is 0 Å². The number of phenolic OH excluding ortho intramolecular Hbond substituents is 1. The number of ketones is 1. The molecule has 0 saturated heterocycles. The van der Waals surface area contributed by atoms with Crippen molar-refractivity contribution >= 4 is 68.5 Å². The first-order valence-electron chi connectivity index (χ1n) is 11.5. The number of phenols is 1. The van der Waals surface area contributed by atoms with Crippen LogP contribution in [-0.4, -0.2) is 49.8 Å². The zero-order valence-electron chi connectivity index (χ0n) is 22.9. The summed E-state index contributed by atoms with van der Waals surface area (Å²) < 4.78 is 109. The van der Waals surface area contributed by atoms with Gasteiger partial charge >= 0.3 is 88.7 Å². The number of benzene rings is 4. The number of carbonyl (C=O) groups is 1. The van der Waals surface area contributed by atoms with Gasteiger partial charge in [0, 0.05) is 33.5 Å². The molecule has 0 heterocycles. The number of hydrogen-bond donors (Lipinski definition) is 1. The molecule has 0 aromatic heterocycles. The summed E-state index contributed by atoms with van der Waals surface area (Å²) in [6, 6.07) is 5.15. The van der Waals surface area contributed by atoms with E-state index in [9.17, 15) is 48.8 Å². The van der Waals surface area contributed by atoms with Gasteiger partial charge in [-0.15, -0.1) is 0 Å². The molecule has 0 aliphatic heterocycles. The first-order valence-corrected chi connectivity index (χ1v) is 15.7. The molecule has 4 aromatic carbocycles. The molecule has 41 heavy (non-hydrogen) atoms. The van der Waals surface area contributed by atoms with E-state index in [0.717, 1.165) is 49.9 Å². The minimum atomic E-state index is -5.58. The van der Waals surface area contributed by atoms with Gasteiger partial charge in [0.1, 0.15) is 40.1 Å². The second kappa shape index (κ2) is 14.5. The van der Waals surface area contributed by atoms with Crippen molar-refractivity contribution in [3.63, 3.8) is 0 Å². The Kier molecular flexibility index (Phi) is 13.8. The molecule has 4 rings (SSSR count). The SMILES string of the molecule is CCCCCCCC(=O)c1cc(S(=O)(=O)[O-])c2ccc3c(S(=O)(=O)[O-])c(O)c(S(=O)(=O)[O-])c4ccc1c2c43.[Na+].[Na+].[Na+]. The van der Waals surface area contributed by atoms with Crippen LogP contribution in [0.1, 0.15) is 55.8 Å². The molecule has 204 valence electrons. The molecule has 0 radical (unpaired) electrons. The molecular weight excluding hydrogens is 629 g/mol. The summed E-state index contributed by atoms with van der Waals surface area (Å²) in [7, 11) is -16.4. The minimum absolute atomic E-state index is 0. The molecule has 0 atom stereocenters. The Balaban J connectivity index is 0.00000280. The van der Waals surface area contributed by atoms with Crippen molar-refractivity contribution < 1.29 is 137 Å².